The molecule has 0 bridgehead atoms. The lowest BCUT2D eigenvalue weighted by Gasteiger charge is -2.24. The molecule has 2 aromatic rings. The molecule has 1 aromatic carbocycles. The highest BCUT2D eigenvalue weighted by molar-refractivity contribution is 5.84. The molecule has 0 saturated carbocycles. The smallest absolute Gasteiger partial charge is 0.226 e. The van der Waals surface area contributed by atoms with Gasteiger partial charge < -0.3 is 24.4 Å². The molecule has 2 saturated heterocycles. The number of hydrogen-bond acceptors (Lipinski definition) is 6. The van der Waals surface area contributed by atoms with E-state index >= 15 is 0 Å². The van der Waals surface area contributed by atoms with Gasteiger partial charge in [-0.3, -0.25) is 4.79 Å². The zero-order valence-electron chi connectivity index (χ0n) is 20.6. The summed E-state index contributed by atoms with van der Waals surface area (Å²) in [5.74, 6) is 1.54. The summed E-state index contributed by atoms with van der Waals surface area (Å²) >= 11 is 0. The SMILES string of the molecule is CCCC(=N)CC1CCC(=O)N1Cc1coc(-c2ccc(OCCCN3CCCC3C)cc2)n1. The molecule has 2 unspecified atom stereocenters. The third kappa shape index (κ3) is 6.26. The lowest BCUT2D eigenvalue weighted by atomic mass is 10.0. The third-order valence-corrected chi connectivity index (χ3v) is 7.02. The number of hydrogen-bond donors (Lipinski definition) is 1. The number of benzene rings is 1. The molecular formula is C27H38N4O3. The molecule has 1 amide bonds. The van der Waals surface area contributed by atoms with Crippen molar-refractivity contribution in [2.45, 2.75) is 83.8 Å². The van der Waals surface area contributed by atoms with Crippen LogP contribution in [0.5, 0.6) is 5.75 Å². The number of ether oxygens (including phenoxy) is 1. The van der Waals surface area contributed by atoms with E-state index in [9.17, 15) is 4.79 Å². The van der Waals surface area contributed by atoms with Gasteiger partial charge in [-0.2, -0.15) is 0 Å². The Bertz CT molecular complexity index is 955. The maximum atomic E-state index is 12.4. The fraction of sp³-hybridized carbons (Fsp3) is 0.593. The Morgan fingerprint density at radius 1 is 1.26 bits per heavy atom. The van der Waals surface area contributed by atoms with Crippen molar-refractivity contribution in [1.82, 2.24) is 14.8 Å². The first-order valence-corrected chi connectivity index (χ1v) is 12.8. The molecule has 184 valence electrons. The highest BCUT2D eigenvalue weighted by Gasteiger charge is 2.32. The molecule has 2 fully saturated rings. The van der Waals surface area contributed by atoms with Gasteiger partial charge in [0.05, 0.1) is 18.8 Å². The number of amides is 1. The van der Waals surface area contributed by atoms with Crippen LogP contribution in [0.4, 0.5) is 0 Å². The Morgan fingerprint density at radius 3 is 2.82 bits per heavy atom. The topological polar surface area (TPSA) is 82.7 Å². The molecule has 0 radical (unpaired) electrons. The number of nitrogens with zero attached hydrogens (tertiary/aromatic N) is 3. The molecule has 4 rings (SSSR count). The normalized spacial score (nSPS) is 20.9. The maximum Gasteiger partial charge on any atom is 0.226 e. The summed E-state index contributed by atoms with van der Waals surface area (Å²) in [5, 5.41) is 8.14. The monoisotopic (exact) mass is 466 g/mol. The van der Waals surface area contributed by atoms with Crippen molar-refractivity contribution < 1.29 is 13.9 Å². The number of carbonyl (C=O) groups is 1. The van der Waals surface area contributed by atoms with Gasteiger partial charge in [-0.25, -0.2) is 4.98 Å². The second-order valence-electron chi connectivity index (χ2n) is 9.67. The van der Waals surface area contributed by atoms with E-state index in [-0.39, 0.29) is 11.9 Å². The number of likely N-dealkylation sites (tertiary alicyclic amines) is 2. The molecule has 7 nitrogen and oxygen atoms in total. The van der Waals surface area contributed by atoms with Crippen LogP contribution in [-0.4, -0.2) is 58.2 Å². The number of rotatable bonds is 12. The fourth-order valence-corrected chi connectivity index (χ4v) is 5.07. The molecule has 2 aliphatic heterocycles. The van der Waals surface area contributed by atoms with Crippen LogP contribution in [0.3, 0.4) is 0 Å². The summed E-state index contributed by atoms with van der Waals surface area (Å²) in [6, 6.07) is 8.63. The zero-order chi connectivity index (χ0) is 23.9. The summed E-state index contributed by atoms with van der Waals surface area (Å²) in [7, 11) is 0. The van der Waals surface area contributed by atoms with Gasteiger partial charge >= 0.3 is 0 Å². The fourth-order valence-electron chi connectivity index (χ4n) is 5.07. The van der Waals surface area contributed by atoms with E-state index in [0.29, 0.717) is 37.9 Å². The summed E-state index contributed by atoms with van der Waals surface area (Å²) < 4.78 is 11.6. The summed E-state index contributed by atoms with van der Waals surface area (Å²) in [4.78, 5) is 21.5. The van der Waals surface area contributed by atoms with Crippen LogP contribution in [0.25, 0.3) is 11.5 Å². The van der Waals surface area contributed by atoms with Crippen LogP contribution in [-0.2, 0) is 11.3 Å². The Labute approximate surface area is 203 Å². The highest BCUT2D eigenvalue weighted by atomic mass is 16.5. The molecule has 1 N–H and O–H groups in total. The van der Waals surface area contributed by atoms with Crippen molar-refractivity contribution >= 4 is 11.6 Å². The summed E-state index contributed by atoms with van der Waals surface area (Å²) in [6.45, 7) is 7.84. The van der Waals surface area contributed by atoms with Gasteiger partial charge in [0.1, 0.15) is 12.0 Å². The molecule has 2 atom stereocenters. The second-order valence-corrected chi connectivity index (χ2v) is 9.67. The molecule has 1 aromatic heterocycles. The first-order chi connectivity index (χ1) is 16.5. The molecule has 0 spiro atoms. The Hall–Kier alpha value is -2.67. The highest BCUT2D eigenvalue weighted by Crippen LogP contribution is 2.27. The minimum atomic E-state index is 0.0943. The lowest BCUT2D eigenvalue weighted by Crippen LogP contribution is -2.34. The molecule has 7 heteroatoms. The van der Waals surface area contributed by atoms with Crippen LogP contribution >= 0.6 is 0 Å². The van der Waals surface area contributed by atoms with Gasteiger partial charge in [0, 0.05) is 42.7 Å². The van der Waals surface area contributed by atoms with Gasteiger partial charge in [-0.15, -0.1) is 0 Å². The first kappa shape index (κ1) is 24.5. The Kier molecular flexibility index (Phi) is 8.38. The first-order valence-electron chi connectivity index (χ1n) is 12.8. The number of nitrogens with one attached hydrogen (secondary N) is 1. The molecule has 34 heavy (non-hydrogen) atoms. The lowest BCUT2D eigenvalue weighted by molar-refractivity contribution is -0.129. The minimum Gasteiger partial charge on any atom is -0.494 e. The minimum absolute atomic E-state index is 0.0943. The van der Waals surface area contributed by atoms with E-state index in [1.165, 1.54) is 19.4 Å². The molecule has 0 aliphatic carbocycles. The maximum absolute atomic E-state index is 12.4. The van der Waals surface area contributed by atoms with Gasteiger partial charge in [-0.05, 0) is 69.8 Å². The second kappa shape index (κ2) is 11.6. The van der Waals surface area contributed by atoms with Crippen molar-refractivity contribution in [3.05, 3.63) is 36.2 Å². The largest absolute Gasteiger partial charge is 0.494 e. The van der Waals surface area contributed by atoms with Crippen molar-refractivity contribution in [1.29, 1.82) is 5.41 Å². The number of aromatic nitrogens is 1. The van der Waals surface area contributed by atoms with Crippen molar-refractivity contribution in [3.8, 4) is 17.2 Å². The predicted octanol–water partition coefficient (Wildman–Crippen LogP) is 5.30. The summed E-state index contributed by atoms with van der Waals surface area (Å²) in [6.07, 6.45) is 9.07. The van der Waals surface area contributed by atoms with E-state index in [1.807, 2.05) is 29.2 Å². The quantitative estimate of drug-likeness (QED) is 0.339. The van der Waals surface area contributed by atoms with E-state index in [0.717, 1.165) is 54.9 Å². The van der Waals surface area contributed by atoms with Crippen LogP contribution in [0.2, 0.25) is 0 Å². The Balaban J connectivity index is 1.27. The average Bonchev–Trinajstić information content (AvgIpc) is 3.55. The van der Waals surface area contributed by atoms with E-state index in [1.54, 1.807) is 6.26 Å². The van der Waals surface area contributed by atoms with Gasteiger partial charge in [0.2, 0.25) is 11.8 Å². The van der Waals surface area contributed by atoms with Gasteiger partial charge in [0.15, 0.2) is 0 Å². The molecule has 3 heterocycles. The van der Waals surface area contributed by atoms with E-state index < -0.39 is 0 Å². The van der Waals surface area contributed by atoms with Crippen LogP contribution in [0.15, 0.2) is 34.9 Å². The molecule has 2 aliphatic rings. The van der Waals surface area contributed by atoms with E-state index in [4.69, 9.17) is 14.6 Å². The third-order valence-electron chi connectivity index (χ3n) is 7.02. The van der Waals surface area contributed by atoms with Crippen molar-refractivity contribution in [2.75, 3.05) is 19.7 Å². The van der Waals surface area contributed by atoms with Gasteiger partial charge in [0.25, 0.3) is 0 Å². The summed E-state index contributed by atoms with van der Waals surface area (Å²) in [5.41, 5.74) is 2.35. The zero-order valence-corrected chi connectivity index (χ0v) is 20.6. The Morgan fingerprint density at radius 2 is 2.09 bits per heavy atom. The van der Waals surface area contributed by atoms with Gasteiger partial charge in [-0.1, -0.05) is 13.3 Å². The number of carbonyl (C=O) groups excluding carboxylic acids is 1. The van der Waals surface area contributed by atoms with Crippen LogP contribution in [0.1, 0.15) is 70.9 Å². The predicted molar refractivity (Wildman–Crippen MR) is 133 cm³/mol. The van der Waals surface area contributed by atoms with Crippen molar-refractivity contribution in [3.63, 3.8) is 0 Å². The number of oxazole rings is 1. The van der Waals surface area contributed by atoms with Crippen LogP contribution < -0.4 is 4.74 Å². The van der Waals surface area contributed by atoms with E-state index in [2.05, 4.69) is 23.7 Å². The van der Waals surface area contributed by atoms with Crippen molar-refractivity contribution in [2.24, 2.45) is 0 Å². The molecular weight excluding hydrogens is 428 g/mol. The average molecular weight is 467 g/mol. The standard InChI is InChI=1S/C27H38N4O3/c1-3-6-22(28)17-24-10-13-26(32)31(24)18-23-19-34-27(29-23)21-8-11-25(12-9-21)33-16-5-15-30-14-4-7-20(30)2/h8-9,11-12,19-20,24,28H,3-7,10,13-18H2,1-2H3. The van der Waals surface area contributed by atoms with Crippen LogP contribution in [0, 0.1) is 5.41 Å².